The summed E-state index contributed by atoms with van der Waals surface area (Å²) in [4.78, 5) is 22.8. The molecular weight excluding hydrogens is 270 g/mol. The number of fused-ring (bicyclic) bond motifs is 1. The van der Waals surface area contributed by atoms with Gasteiger partial charge in [0.1, 0.15) is 0 Å². The Kier molecular flexibility index (Phi) is 4.63. The topological polar surface area (TPSA) is 86.6 Å². The van der Waals surface area contributed by atoms with Crippen LogP contribution in [-0.4, -0.2) is 34.2 Å². The molecule has 2 rings (SSSR count). The van der Waals surface area contributed by atoms with Gasteiger partial charge in [-0.3, -0.25) is 9.59 Å². The third-order valence-electron chi connectivity index (χ3n) is 3.89. The van der Waals surface area contributed by atoms with Gasteiger partial charge < -0.3 is 15.5 Å². The fraction of sp³-hybridized carbons (Fsp3) is 0.500. The van der Waals surface area contributed by atoms with Gasteiger partial charge in [-0.2, -0.15) is 0 Å². The van der Waals surface area contributed by atoms with Gasteiger partial charge in [-0.05, 0) is 37.3 Å². The van der Waals surface area contributed by atoms with Gasteiger partial charge in [0, 0.05) is 12.5 Å². The molecule has 0 saturated carbocycles. The monoisotopic (exact) mass is 291 g/mol. The van der Waals surface area contributed by atoms with Crippen molar-refractivity contribution in [2.75, 3.05) is 6.54 Å². The Hall–Kier alpha value is -1.88. The van der Waals surface area contributed by atoms with E-state index in [1.54, 1.807) is 0 Å². The Labute approximate surface area is 124 Å². The SMILES string of the molecule is CC(O)(CNC(=O)C1CCc2ccccc2C1)CC(=O)O. The lowest BCUT2D eigenvalue weighted by Gasteiger charge is -2.26. The van der Waals surface area contributed by atoms with Crippen LogP contribution < -0.4 is 5.32 Å². The van der Waals surface area contributed by atoms with Gasteiger partial charge in [0.15, 0.2) is 0 Å². The molecule has 0 aliphatic heterocycles. The highest BCUT2D eigenvalue weighted by atomic mass is 16.4. The van der Waals surface area contributed by atoms with E-state index >= 15 is 0 Å². The molecule has 2 atom stereocenters. The van der Waals surface area contributed by atoms with E-state index in [2.05, 4.69) is 11.4 Å². The van der Waals surface area contributed by atoms with Gasteiger partial charge in [0.2, 0.25) is 5.91 Å². The summed E-state index contributed by atoms with van der Waals surface area (Å²) in [7, 11) is 0. The molecule has 0 aromatic heterocycles. The van der Waals surface area contributed by atoms with Crippen molar-refractivity contribution in [2.45, 2.75) is 38.2 Å². The van der Waals surface area contributed by atoms with Gasteiger partial charge in [0.25, 0.3) is 0 Å². The second-order valence-corrected chi connectivity index (χ2v) is 5.99. The molecule has 1 aliphatic rings. The molecule has 3 N–H and O–H groups in total. The predicted molar refractivity (Wildman–Crippen MR) is 77.8 cm³/mol. The van der Waals surface area contributed by atoms with Crippen LogP contribution in [0.1, 0.15) is 30.9 Å². The van der Waals surface area contributed by atoms with Gasteiger partial charge in [0.05, 0.1) is 12.0 Å². The van der Waals surface area contributed by atoms with Crippen LogP contribution in [0.15, 0.2) is 24.3 Å². The summed E-state index contributed by atoms with van der Waals surface area (Å²) in [5.74, 6) is -1.31. The maximum Gasteiger partial charge on any atom is 0.306 e. The number of amides is 1. The van der Waals surface area contributed by atoms with Crippen molar-refractivity contribution in [1.29, 1.82) is 0 Å². The zero-order valence-electron chi connectivity index (χ0n) is 12.1. The van der Waals surface area contributed by atoms with Gasteiger partial charge >= 0.3 is 5.97 Å². The molecule has 1 aromatic rings. The number of nitrogens with one attached hydrogen (secondary N) is 1. The van der Waals surface area contributed by atoms with E-state index in [4.69, 9.17) is 5.11 Å². The number of hydrogen-bond donors (Lipinski definition) is 3. The first-order valence-corrected chi connectivity index (χ1v) is 7.16. The summed E-state index contributed by atoms with van der Waals surface area (Å²) in [6.07, 6.45) is 1.97. The standard InChI is InChI=1S/C16H21NO4/c1-16(21,9-14(18)19)10-17-15(20)13-7-6-11-4-2-3-5-12(11)8-13/h2-5,13,21H,6-10H2,1H3,(H,17,20)(H,18,19). The van der Waals surface area contributed by atoms with Crippen molar-refractivity contribution >= 4 is 11.9 Å². The van der Waals surface area contributed by atoms with Crippen LogP contribution >= 0.6 is 0 Å². The number of aliphatic carboxylic acids is 1. The Balaban J connectivity index is 1.89. The third-order valence-corrected chi connectivity index (χ3v) is 3.89. The summed E-state index contributed by atoms with van der Waals surface area (Å²) in [6.45, 7) is 1.37. The fourth-order valence-electron chi connectivity index (χ4n) is 2.73. The second kappa shape index (κ2) is 6.26. The van der Waals surface area contributed by atoms with E-state index in [0.717, 1.165) is 12.8 Å². The first kappa shape index (κ1) is 15.5. The molecule has 0 bridgehead atoms. The minimum absolute atomic E-state index is 0.0454. The average Bonchev–Trinajstić information content (AvgIpc) is 2.43. The first-order valence-electron chi connectivity index (χ1n) is 7.16. The van der Waals surface area contributed by atoms with Crippen LogP contribution in [0.4, 0.5) is 0 Å². The fourth-order valence-corrected chi connectivity index (χ4v) is 2.73. The lowest BCUT2D eigenvalue weighted by molar-refractivity contribution is -0.142. The number of carbonyl (C=O) groups excluding carboxylic acids is 1. The van der Waals surface area contributed by atoms with E-state index in [9.17, 15) is 14.7 Å². The number of carbonyl (C=O) groups is 2. The summed E-state index contributed by atoms with van der Waals surface area (Å²) in [6, 6.07) is 8.09. The number of hydrogen-bond acceptors (Lipinski definition) is 3. The van der Waals surface area contributed by atoms with Crippen LogP contribution in [0.5, 0.6) is 0 Å². The van der Waals surface area contributed by atoms with E-state index < -0.39 is 11.6 Å². The van der Waals surface area contributed by atoms with Crippen LogP contribution in [0, 0.1) is 5.92 Å². The van der Waals surface area contributed by atoms with Gasteiger partial charge in [-0.25, -0.2) is 0 Å². The molecular formula is C16H21NO4. The number of carboxylic acids is 1. The molecule has 0 spiro atoms. The Morgan fingerprint density at radius 3 is 2.67 bits per heavy atom. The Morgan fingerprint density at radius 1 is 1.33 bits per heavy atom. The minimum Gasteiger partial charge on any atom is -0.481 e. The molecule has 1 amide bonds. The Morgan fingerprint density at radius 2 is 2.00 bits per heavy atom. The van der Waals surface area contributed by atoms with E-state index in [0.29, 0.717) is 6.42 Å². The van der Waals surface area contributed by atoms with Crippen LogP contribution in [-0.2, 0) is 22.4 Å². The Bertz CT molecular complexity index is 539. The molecule has 2 unspecified atom stereocenters. The second-order valence-electron chi connectivity index (χ2n) is 5.99. The third kappa shape index (κ3) is 4.29. The number of aliphatic hydroxyl groups is 1. The normalized spacial score (nSPS) is 20.2. The largest absolute Gasteiger partial charge is 0.481 e. The van der Waals surface area contributed by atoms with Crippen LogP contribution in [0.25, 0.3) is 0 Å². The molecule has 1 aliphatic carbocycles. The predicted octanol–water partition coefficient (Wildman–Crippen LogP) is 1.13. The maximum atomic E-state index is 12.2. The zero-order chi connectivity index (χ0) is 15.5. The maximum absolute atomic E-state index is 12.2. The minimum atomic E-state index is -1.42. The number of aryl methyl sites for hydroxylation is 1. The van der Waals surface area contributed by atoms with Crippen molar-refractivity contribution in [3.63, 3.8) is 0 Å². The van der Waals surface area contributed by atoms with Gasteiger partial charge in [-0.15, -0.1) is 0 Å². The van der Waals surface area contributed by atoms with E-state index in [1.165, 1.54) is 18.1 Å². The molecule has 0 fully saturated rings. The zero-order valence-corrected chi connectivity index (χ0v) is 12.1. The summed E-state index contributed by atoms with van der Waals surface area (Å²) in [5.41, 5.74) is 1.06. The molecule has 114 valence electrons. The molecule has 0 saturated heterocycles. The molecule has 21 heavy (non-hydrogen) atoms. The summed E-state index contributed by atoms with van der Waals surface area (Å²) >= 11 is 0. The lowest BCUT2D eigenvalue weighted by atomic mass is 9.83. The van der Waals surface area contributed by atoms with Crippen molar-refractivity contribution in [2.24, 2.45) is 5.92 Å². The van der Waals surface area contributed by atoms with E-state index in [-0.39, 0.29) is 24.8 Å². The lowest BCUT2D eigenvalue weighted by Crippen LogP contribution is -2.44. The van der Waals surface area contributed by atoms with Crippen LogP contribution in [0.3, 0.4) is 0 Å². The molecule has 0 heterocycles. The van der Waals surface area contributed by atoms with Crippen molar-refractivity contribution in [3.05, 3.63) is 35.4 Å². The highest BCUT2D eigenvalue weighted by Gasteiger charge is 2.28. The summed E-state index contributed by atoms with van der Waals surface area (Å²) < 4.78 is 0. The van der Waals surface area contributed by atoms with E-state index in [1.807, 2.05) is 18.2 Å². The smallest absolute Gasteiger partial charge is 0.306 e. The quantitative estimate of drug-likeness (QED) is 0.759. The molecule has 5 nitrogen and oxygen atoms in total. The number of benzene rings is 1. The molecule has 5 heteroatoms. The highest BCUT2D eigenvalue weighted by molar-refractivity contribution is 5.79. The number of carboxylic acid groups (broad SMARTS) is 1. The highest BCUT2D eigenvalue weighted by Crippen LogP contribution is 2.25. The van der Waals surface area contributed by atoms with Gasteiger partial charge in [-0.1, -0.05) is 24.3 Å². The first-order chi connectivity index (χ1) is 9.87. The van der Waals surface area contributed by atoms with Crippen LogP contribution in [0.2, 0.25) is 0 Å². The average molecular weight is 291 g/mol. The molecule has 1 aromatic carbocycles. The summed E-state index contributed by atoms with van der Waals surface area (Å²) in [5, 5.41) is 21.3. The molecule has 0 radical (unpaired) electrons. The van der Waals surface area contributed by atoms with Crippen molar-refractivity contribution in [1.82, 2.24) is 5.32 Å². The van der Waals surface area contributed by atoms with Crippen molar-refractivity contribution < 1.29 is 19.8 Å². The number of rotatable bonds is 5. The van der Waals surface area contributed by atoms with Crippen molar-refractivity contribution in [3.8, 4) is 0 Å².